The van der Waals surface area contributed by atoms with Crippen molar-refractivity contribution >= 4 is 0 Å². The molecule has 0 aliphatic heterocycles. The van der Waals surface area contributed by atoms with Crippen molar-refractivity contribution in [1.29, 1.82) is 0 Å². The van der Waals surface area contributed by atoms with Gasteiger partial charge in [0.15, 0.2) is 0 Å². The second-order valence-electron chi connectivity index (χ2n) is 2.64. The fourth-order valence-corrected chi connectivity index (χ4v) is 0.952. The van der Waals surface area contributed by atoms with Gasteiger partial charge in [-0.1, -0.05) is 0 Å². The van der Waals surface area contributed by atoms with Crippen molar-refractivity contribution in [3.63, 3.8) is 0 Å². The second-order valence-corrected chi connectivity index (χ2v) is 2.64. The van der Waals surface area contributed by atoms with E-state index in [1.54, 1.807) is 6.20 Å². The molecule has 1 rings (SSSR count). The van der Waals surface area contributed by atoms with Crippen LogP contribution >= 0.6 is 0 Å². The van der Waals surface area contributed by atoms with Gasteiger partial charge in [-0.25, -0.2) is 4.68 Å². The first-order valence-electron chi connectivity index (χ1n) is 3.92. The van der Waals surface area contributed by atoms with Crippen LogP contribution in [-0.2, 0) is 0 Å². The zero-order chi connectivity index (χ0) is 8.27. The zero-order valence-electron chi connectivity index (χ0n) is 7.24. The van der Waals surface area contributed by atoms with Gasteiger partial charge in [0.1, 0.15) is 0 Å². The highest BCUT2D eigenvalue weighted by molar-refractivity contribution is 5.08. The molecular formula is C8H14N2O. The molecule has 1 aromatic rings. The van der Waals surface area contributed by atoms with E-state index in [-0.39, 0.29) is 0 Å². The third-order valence-electron chi connectivity index (χ3n) is 1.42. The van der Waals surface area contributed by atoms with Crippen LogP contribution in [0, 0.1) is 0 Å². The maximum atomic E-state index is 5.34. The fraction of sp³-hybridized carbons (Fsp3) is 0.625. The molecule has 0 atom stereocenters. The van der Waals surface area contributed by atoms with Gasteiger partial charge in [0, 0.05) is 6.07 Å². The molecule has 3 nitrogen and oxygen atoms in total. The standard InChI is InChI=1S/C8H14N2O/c1-4-11-8-5-6-9-10(8)7(2)3/h5-7H,4H2,1-3H3. The quantitative estimate of drug-likeness (QED) is 0.664. The van der Waals surface area contributed by atoms with Gasteiger partial charge in [-0.3, -0.25) is 0 Å². The van der Waals surface area contributed by atoms with E-state index < -0.39 is 0 Å². The van der Waals surface area contributed by atoms with Crippen LogP contribution in [0.5, 0.6) is 5.88 Å². The maximum absolute atomic E-state index is 5.34. The molecule has 0 unspecified atom stereocenters. The molecule has 0 aliphatic carbocycles. The normalized spacial score (nSPS) is 10.5. The van der Waals surface area contributed by atoms with E-state index in [2.05, 4.69) is 18.9 Å². The third-order valence-corrected chi connectivity index (χ3v) is 1.42. The Hall–Kier alpha value is -0.990. The van der Waals surface area contributed by atoms with Crippen molar-refractivity contribution < 1.29 is 4.74 Å². The predicted octanol–water partition coefficient (Wildman–Crippen LogP) is 1.86. The van der Waals surface area contributed by atoms with Gasteiger partial charge >= 0.3 is 0 Å². The summed E-state index contributed by atoms with van der Waals surface area (Å²) >= 11 is 0. The van der Waals surface area contributed by atoms with Gasteiger partial charge in [0.25, 0.3) is 0 Å². The summed E-state index contributed by atoms with van der Waals surface area (Å²) in [4.78, 5) is 0. The Labute approximate surface area is 67.0 Å². The van der Waals surface area contributed by atoms with E-state index in [0.29, 0.717) is 12.6 Å². The number of hydrogen-bond acceptors (Lipinski definition) is 2. The topological polar surface area (TPSA) is 27.1 Å². The lowest BCUT2D eigenvalue weighted by Gasteiger charge is -2.09. The van der Waals surface area contributed by atoms with E-state index in [1.165, 1.54) is 0 Å². The number of hydrogen-bond donors (Lipinski definition) is 0. The Kier molecular flexibility index (Phi) is 2.52. The Balaban J connectivity index is 2.78. The molecule has 0 radical (unpaired) electrons. The van der Waals surface area contributed by atoms with Crippen molar-refractivity contribution in [3.8, 4) is 5.88 Å². The van der Waals surface area contributed by atoms with E-state index >= 15 is 0 Å². The minimum atomic E-state index is 0.367. The molecule has 11 heavy (non-hydrogen) atoms. The molecule has 0 aromatic carbocycles. The molecule has 3 heteroatoms. The lowest BCUT2D eigenvalue weighted by Crippen LogP contribution is -2.06. The minimum absolute atomic E-state index is 0.367. The van der Waals surface area contributed by atoms with Crippen molar-refractivity contribution in [1.82, 2.24) is 9.78 Å². The van der Waals surface area contributed by atoms with Crippen LogP contribution in [-0.4, -0.2) is 16.4 Å². The Bertz CT molecular complexity index is 218. The first-order chi connectivity index (χ1) is 5.25. The van der Waals surface area contributed by atoms with Crippen LogP contribution in [0.3, 0.4) is 0 Å². The van der Waals surface area contributed by atoms with Crippen molar-refractivity contribution in [2.24, 2.45) is 0 Å². The molecule has 62 valence electrons. The van der Waals surface area contributed by atoms with E-state index in [9.17, 15) is 0 Å². The summed E-state index contributed by atoms with van der Waals surface area (Å²) in [6, 6.07) is 2.25. The first-order valence-corrected chi connectivity index (χ1v) is 3.92. The van der Waals surface area contributed by atoms with Crippen LogP contribution in [0.2, 0.25) is 0 Å². The molecule has 0 amide bonds. The Morgan fingerprint density at radius 3 is 2.91 bits per heavy atom. The third kappa shape index (κ3) is 1.73. The predicted molar refractivity (Wildman–Crippen MR) is 43.8 cm³/mol. The zero-order valence-corrected chi connectivity index (χ0v) is 7.24. The largest absolute Gasteiger partial charge is 0.478 e. The molecule has 0 aliphatic rings. The van der Waals surface area contributed by atoms with E-state index in [0.717, 1.165) is 5.88 Å². The highest BCUT2D eigenvalue weighted by atomic mass is 16.5. The van der Waals surface area contributed by atoms with E-state index in [1.807, 2.05) is 17.7 Å². The molecular weight excluding hydrogens is 140 g/mol. The van der Waals surface area contributed by atoms with Crippen LogP contribution < -0.4 is 4.74 Å². The summed E-state index contributed by atoms with van der Waals surface area (Å²) in [7, 11) is 0. The minimum Gasteiger partial charge on any atom is -0.478 e. The average Bonchev–Trinajstić information content (AvgIpc) is 2.36. The summed E-state index contributed by atoms with van der Waals surface area (Å²) in [5, 5.41) is 4.13. The summed E-state index contributed by atoms with van der Waals surface area (Å²) in [6.45, 7) is 6.82. The molecule has 0 N–H and O–H groups in total. The van der Waals surface area contributed by atoms with Crippen LogP contribution in [0.25, 0.3) is 0 Å². The van der Waals surface area contributed by atoms with Crippen molar-refractivity contribution in [2.75, 3.05) is 6.61 Å². The smallest absolute Gasteiger partial charge is 0.211 e. The van der Waals surface area contributed by atoms with Crippen molar-refractivity contribution in [2.45, 2.75) is 26.8 Å². The lowest BCUT2D eigenvalue weighted by molar-refractivity contribution is 0.292. The molecule has 0 fully saturated rings. The van der Waals surface area contributed by atoms with Crippen LogP contribution in [0.4, 0.5) is 0 Å². The van der Waals surface area contributed by atoms with Crippen LogP contribution in [0.15, 0.2) is 12.3 Å². The highest BCUT2D eigenvalue weighted by Gasteiger charge is 2.04. The lowest BCUT2D eigenvalue weighted by atomic mass is 10.4. The number of aromatic nitrogens is 2. The number of nitrogens with zero attached hydrogens (tertiary/aromatic N) is 2. The van der Waals surface area contributed by atoms with Crippen molar-refractivity contribution in [3.05, 3.63) is 12.3 Å². The van der Waals surface area contributed by atoms with Gasteiger partial charge in [0.2, 0.25) is 5.88 Å². The summed E-state index contributed by atoms with van der Waals surface area (Å²) in [6.07, 6.45) is 1.75. The monoisotopic (exact) mass is 154 g/mol. The van der Waals surface area contributed by atoms with Gasteiger partial charge in [0.05, 0.1) is 18.8 Å². The Morgan fingerprint density at radius 1 is 1.64 bits per heavy atom. The SMILES string of the molecule is CCOc1ccnn1C(C)C. The number of rotatable bonds is 3. The summed E-state index contributed by atoms with van der Waals surface area (Å²) in [5.41, 5.74) is 0. The van der Waals surface area contributed by atoms with Gasteiger partial charge in [-0.2, -0.15) is 5.10 Å². The summed E-state index contributed by atoms with van der Waals surface area (Å²) < 4.78 is 7.20. The molecule has 1 heterocycles. The van der Waals surface area contributed by atoms with Crippen LogP contribution in [0.1, 0.15) is 26.8 Å². The Morgan fingerprint density at radius 2 is 2.36 bits per heavy atom. The molecule has 0 bridgehead atoms. The van der Waals surface area contributed by atoms with Gasteiger partial charge in [-0.05, 0) is 20.8 Å². The summed E-state index contributed by atoms with van der Waals surface area (Å²) in [5.74, 6) is 0.850. The van der Waals surface area contributed by atoms with Gasteiger partial charge < -0.3 is 4.74 Å². The average molecular weight is 154 g/mol. The van der Waals surface area contributed by atoms with E-state index in [4.69, 9.17) is 4.74 Å². The number of ether oxygens (including phenoxy) is 1. The second kappa shape index (κ2) is 3.42. The molecule has 1 aromatic heterocycles. The molecule has 0 spiro atoms. The fourth-order valence-electron chi connectivity index (χ4n) is 0.952. The molecule has 0 saturated heterocycles. The first kappa shape index (κ1) is 8.11. The highest BCUT2D eigenvalue weighted by Crippen LogP contribution is 2.14. The van der Waals surface area contributed by atoms with Gasteiger partial charge in [-0.15, -0.1) is 0 Å². The molecule has 0 saturated carbocycles. The maximum Gasteiger partial charge on any atom is 0.211 e.